The van der Waals surface area contributed by atoms with Crippen LogP contribution in [0.25, 0.3) is 0 Å². The molecule has 0 radical (unpaired) electrons. The van der Waals surface area contributed by atoms with E-state index in [0.717, 1.165) is 42.4 Å². The average molecular weight is 1410 g/mol. The Kier molecular flexibility index (Phi) is 35.0. The Morgan fingerprint density at radius 1 is 0.459 bits per heavy atom. The van der Waals surface area contributed by atoms with Gasteiger partial charge in [-0.25, -0.2) is 25.3 Å². The number of unbranched alkanes of at least 4 members (excludes halogenated alkanes) is 2. The quantitative estimate of drug-likeness (QED) is 0.0250. The molecule has 0 aliphatic rings. The highest BCUT2D eigenvalue weighted by molar-refractivity contribution is 7.89. The van der Waals surface area contributed by atoms with Crippen LogP contribution in [0.5, 0.6) is 0 Å². The fourth-order valence-corrected chi connectivity index (χ4v) is 16.0. The van der Waals surface area contributed by atoms with Crippen LogP contribution in [-0.2, 0) is 84.5 Å². The molecule has 0 spiro atoms. The number of carbonyl (C=O) groups is 6. The summed E-state index contributed by atoms with van der Waals surface area (Å²) in [6.45, 7) is 3.06. The number of nitrogens with one attached hydrogen (secondary N) is 4. The molecule has 23 nitrogen and oxygen atoms in total. The van der Waals surface area contributed by atoms with E-state index in [4.69, 9.17) is 22.9 Å². The normalized spacial score (nSPS) is 13.9. The standard InChI is InChI=1S/C72H105N11O12S3/c1-54(2)41-61(29-17-19-35-73)71(88)78-63(30-18-20-36-74)49-83(98(94,95)66-33-31-55(3)32-34-66)53-70(87)80-67(45-59-27-15-8-16-28-59)68(85)46-60(42-56-21-9-5-10-22-56)48-81(96(90,91)39-37-75)51-65(84)47-62(43-57-23-11-6-12-24-57)72(89)79-64(44-58-25-13-7-14-26-58)50-82(52-69(86)77-4)97(92,93)40-38-76/h5-16,21-28,31-34,54,60-64,67H,17-20,29-30,35-53,73-76H2,1-4H3,(H,77,86)(H,78,88)(H,79,89)(H,80,87). The predicted octanol–water partition coefficient (Wildman–Crippen LogP) is 4.41. The van der Waals surface area contributed by atoms with Crippen LogP contribution < -0.4 is 44.2 Å². The predicted molar refractivity (Wildman–Crippen MR) is 384 cm³/mol. The van der Waals surface area contributed by atoms with Crippen molar-refractivity contribution in [3.63, 3.8) is 0 Å². The maximum absolute atomic E-state index is 15.3. The first kappa shape index (κ1) is 81.6. The van der Waals surface area contributed by atoms with Crippen LogP contribution in [0.15, 0.2) is 150 Å². The van der Waals surface area contributed by atoms with E-state index in [-0.39, 0.29) is 80.9 Å². The number of rotatable bonds is 48. The molecule has 0 saturated heterocycles. The lowest BCUT2D eigenvalue weighted by atomic mass is 9.90. The van der Waals surface area contributed by atoms with Gasteiger partial charge in [0.1, 0.15) is 5.78 Å². The number of nitrogens with two attached hydrogens (primary N) is 4. The molecular formula is C72H105N11O12S3. The van der Waals surface area contributed by atoms with Gasteiger partial charge in [0.15, 0.2) is 5.78 Å². The molecule has 5 aromatic rings. The van der Waals surface area contributed by atoms with Gasteiger partial charge in [-0.3, -0.25) is 28.8 Å². The molecular weight excluding hydrogens is 1310 g/mol. The zero-order valence-corrected chi connectivity index (χ0v) is 59.8. The highest BCUT2D eigenvalue weighted by Gasteiger charge is 2.36. The smallest absolute Gasteiger partial charge is 0.243 e. The minimum Gasteiger partial charge on any atom is -0.358 e. The first-order valence-corrected chi connectivity index (χ1v) is 38.6. The molecule has 12 N–H and O–H groups in total. The van der Waals surface area contributed by atoms with Crippen molar-refractivity contribution < 1.29 is 54.0 Å². The molecule has 538 valence electrons. The van der Waals surface area contributed by atoms with Crippen molar-refractivity contribution in [3.8, 4) is 0 Å². The number of amides is 4. The monoisotopic (exact) mass is 1410 g/mol. The summed E-state index contributed by atoms with van der Waals surface area (Å²) in [5.41, 5.74) is 27.0. The zero-order chi connectivity index (χ0) is 71.7. The fourth-order valence-electron chi connectivity index (χ4n) is 11.9. The van der Waals surface area contributed by atoms with E-state index in [1.54, 1.807) is 121 Å². The summed E-state index contributed by atoms with van der Waals surface area (Å²) in [5.74, 6) is -6.72. The highest BCUT2D eigenvalue weighted by atomic mass is 32.2. The number of Topliss-reactive ketones (excluding diaryl/α,β-unsaturated/α-hetero) is 2. The van der Waals surface area contributed by atoms with Crippen LogP contribution in [-0.4, -0.2) is 175 Å². The van der Waals surface area contributed by atoms with Gasteiger partial charge in [-0.15, -0.1) is 0 Å². The largest absolute Gasteiger partial charge is 0.358 e. The van der Waals surface area contributed by atoms with Crippen molar-refractivity contribution in [1.29, 1.82) is 0 Å². The molecule has 26 heteroatoms. The molecule has 0 bridgehead atoms. The van der Waals surface area contributed by atoms with Gasteiger partial charge in [0.2, 0.25) is 53.7 Å². The minimum atomic E-state index is -4.46. The van der Waals surface area contributed by atoms with Gasteiger partial charge in [-0.05, 0) is 124 Å². The number of nitrogens with zero attached hydrogens (tertiary/aromatic N) is 3. The molecule has 5 rings (SSSR count). The van der Waals surface area contributed by atoms with E-state index < -0.39 is 133 Å². The summed E-state index contributed by atoms with van der Waals surface area (Å²) >= 11 is 0. The molecule has 6 unspecified atom stereocenters. The number of likely N-dealkylation sites (N-methyl/N-ethyl adjacent to an activating group) is 1. The van der Waals surface area contributed by atoms with Gasteiger partial charge >= 0.3 is 0 Å². The van der Waals surface area contributed by atoms with Crippen LogP contribution in [0.3, 0.4) is 0 Å². The van der Waals surface area contributed by atoms with E-state index in [9.17, 15) is 49.2 Å². The van der Waals surface area contributed by atoms with Gasteiger partial charge in [-0.1, -0.05) is 166 Å². The number of hydrogen-bond acceptors (Lipinski definition) is 16. The second-order valence-corrected chi connectivity index (χ2v) is 31.9. The summed E-state index contributed by atoms with van der Waals surface area (Å²) < 4.78 is 89.2. The third-order valence-corrected chi connectivity index (χ3v) is 22.4. The van der Waals surface area contributed by atoms with Gasteiger partial charge in [0.05, 0.1) is 42.1 Å². The van der Waals surface area contributed by atoms with E-state index in [1.807, 2.05) is 32.9 Å². The number of sulfonamides is 3. The third kappa shape index (κ3) is 28.6. The summed E-state index contributed by atoms with van der Waals surface area (Å²) in [4.78, 5) is 86.8. The third-order valence-electron chi connectivity index (χ3n) is 17.0. The van der Waals surface area contributed by atoms with Gasteiger partial charge in [0, 0.05) is 76.5 Å². The van der Waals surface area contributed by atoms with Gasteiger partial charge in [0.25, 0.3) is 0 Å². The Morgan fingerprint density at radius 2 is 0.918 bits per heavy atom. The number of carbonyl (C=O) groups excluding carboxylic acids is 6. The second-order valence-electron chi connectivity index (χ2n) is 25.7. The van der Waals surface area contributed by atoms with Crippen molar-refractivity contribution >= 4 is 65.3 Å². The van der Waals surface area contributed by atoms with E-state index in [2.05, 4.69) is 21.3 Å². The van der Waals surface area contributed by atoms with E-state index in [0.29, 0.717) is 56.3 Å². The number of aryl methyl sites for hydroxylation is 1. The summed E-state index contributed by atoms with van der Waals surface area (Å²) in [5, 5.41) is 11.5. The Labute approximate surface area is 581 Å². The van der Waals surface area contributed by atoms with E-state index >= 15 is 4.79 Å². The maximum Gasteiger partial charge on any atom is 0.243 e. The van der Waals surface area contributed by atoms with Crippen molar-refractivity contribution in [1.82, 2.24) is 34.2 Å². The minimum absolute atomic E-state index is 0.00944. The molecule has 0 aromatic heterocycles. The fraction of sp³-hybridized carbons (Fsp3) is 0.500. The lowest BCUT2D eigenvalue weighted by molar-refractivity contribution is -0.130. The summed E-state index contributed by atoms with van der Waals surface area (Å²) in [6.07, 6.45) is 3.48. The summed E-state index contributed by atoms with van der Waals surface area (Å²) in [7, 11) is -11.6. The van der Waals surface area contributed by atoms with Crippen molar-refractivity contribution in [2.75, 3.05) is 84.0 Å². The average Bonchev–Trinajstić information content (AvgIpc) is 0.816. The number of hydrogen-bond donors (Lipinski definition) is 8. The van der Waals surface area contributed by atoms with Gasteiger partial charge in [-0.2, -0.15) is 12.9 Å². The second kappa shape index (κ2) is 42.1. The molecule has 0 aliphatic heterocycles. The Morgan fingerprint density at radius 3 is 1.43 bits per heavy atom. The molecule has 0 saturated carbocycles. The molecule has 0 fully saturated rings. The van der Waals surface area contributed by atoms with E-state index in [1.165, 1.54) is 19.2 Å². The molecule has 4 amide bonds. The molecule has 98 heavy (non-hydrogen) atoms. The maximum atomic E-state index is 15.3. The van der Waals surface area contributed by atoms with Crippen molar-refractivity contribution in [2.45, 2.75) is 127 Å². The summed E-state index contributed by atoms with van der Waals surface area (Å²) in [6, 6.07) is 38.9. The first-order valence-electron chi connectivity index (χ1n) is 33.9. The lowest BCUT2D eigenvalue weighted by Gasteiger charge is -2.30. The number of benzene rings is 5. The van der Waals surface area contributed by atoms with Crippen LogP contribution in [0.1, 0.15) is 99.5 Å². The SMILES string of the molecule is CNC(=O)CN(CC(Cc1ccccc1)NC(=O)C(CC(=O)CN(CC(CC(=O)C(Cc1ccccc1)NC(=O)CN(CC(CCCCN)NC(=O)C(CCCCN)CC(C)C)S(=O)(=O)c1ccc(C)cc1)Cc1ccccc1)S(=O)(=O)CCN)Cc1ccccc1)S(=O)(=O)CCN. The van der Waals surface area contributed by atoms with Crippen LogP contribution in [0.2, 0.25) is 0 Å². The Balaban J connectivity index is 1.51. The molecule has 6 atom stereocenters. The molecule has 0 heterocycles. The van der Waals surface area contributed by atoms with Crippen LogP contribution in [0.4, 0.5) is 0 Å². The highest BCUT2D eigenvalue weighted by Crippen LogP contribution is 2.25. The van der Waals surface area contributed by atoms with Crippen LogP contribution >= 0.6 is 0 Å². The van der Waals surface area contributed by atoms with Crippen LogP contribution in [0, 0.1) is 30.6 Å². The van der Waals surface area contributed by atoms with Crippen molar-refractivity contribution in [2.24, 2.45) is 46.6 Å². The van der Waals surface area contributed by atoms with Crippen molar-refractivity contribution in [3.05, 3.63) is 173 Å². The Bertz CT molecular complexity index is 3600. The molecule has 5 aromatic carbocycles. The lowest BCUT2D eigenvalue weighted by Crippen LogP contribution is -2.52. The Hall–Kier alpha value is -7.11. The number of ketones is 2. The first-order chi connectivity index (χ1) is 46.8. The zero-order valence-electron chi connectivity index (χ0n) is 57.4. The van der Waals surface area contributed by atoms with Gasteiger partial charge < -0.3 is 44.2 Å². The molecule has 0 aliphatic carbocycles. The topological polar surface area (TPSA) is 367 Å².